The highest BCUT2D eigenvalue weighted by atomic mass is 32.2. The summed E-state index contributed by atoms with van der Waals surface area (Å²) in [5, 5.41) is 1.11. The molecule has 0 fully saturated rings. The number of amides is 1. The quantitative estimate of drug-likeness (QED) is 0.229. The molecule has 4 aromatic rings. The van der Waals surface area contributed by atoms with Crippen molar-refractivity contribution in [1.29, 1.82) is 0 Å². The van der Waals surface area contributed by atoms with E-state index in [1.807, 2.05) is 38.1 Å². The lowest BCUT2D eigenvalue weighted by atomic mass is 10.2. The summed E-state index contributed by atoms with van der Waals surface area (Å²) in [6, 6.07) is 17.9. The maximum absolute atomic E-state index is 13.1. The third kappa shape index (κ3) is 4.68. The molecule has 2 aromatic carbocycles. The number of carbonyl (C=O) groups excluding carboxylic acids is 2. The van der Waals surface area contributed by atoms with Gasteiger partial charge < -0.3 is 0 Å². The number of fused-ring (bicyclic) bond motifs is 1. The van der Waals surface area contributed by atoms with Crippen molar-refractivity contribution in [3.05, 3.63) is 93.5 Å². The van der Waals surface area contributed by atoms with Crippen LogP contribution in [0.4, 0.5) is 0 Å². The molecule has 174 valence electrons. The molecule has 8 heteroatoms. The molecule has 0 radical (unpaired) electrons. The number of hydrogen-bond acceptors (Lipinski definition) is 5. The number of aromatic nitrogens is 3. The van der Waals surface area contributed by atoms with Gasteiger partial charge in [-0.05, 0) is 50.6 Å². The number of hydrogen-bond donors (Lipinski definition) is 1. The first-order valence-electron chi connectivity index (χ1n) is 11.1. The molecule has 0 aliphatic rings. The molecule has 0 aliphatic heterocycles. The van der Waals surface area contributed by atoms with Crippen molar-refractivity contribution in [1.82, 2.24) is 14.2 Å². The summed E-state index contributed by atoms with van der Waals surface area (Å²) in [4.78, 5) is 43.3. The third-order valence-corrected chi connectivity index (χ3v) is 6.56. The second-order valence-corrected chi connectivity index (χ2v) is 8.95. The van der Waals surface area contributed by atoms with Gasteiger partial charge in [-0.3, -0.25) is 29.1 Å². The zero-order chi connectivity index (χ0) is 24.2. The molecule has 0 aliphatic carbocycles. The number of nitrogens with zero attached hydrogens (tertiary/aromatic N) is 3. The molecule has 0 saturated carbocycles. The molecule has 4 rings (SSSR count). The van der Waals surface area contributed by atoms with E-state index in [-0.39, 0.29) is 23.0 Å². The maximum atomic E-state index is 13.1. The van der Waals surface area contributed by atoms with Gasteiger partial charge in [-0.1, -0.05) is 49.0 Å². The Balaban J connectivity index is 1.56. The van der Waals surface area contributed by atoms with E-state index in [9.17, 15) is 14.4 Å². The Kier molecular flexibility index (Phi) is 6.98. The number of ketones is 1. The van der Waals surface area contributed by atoms with Crippen LogP contribution in [-0.2, 0) is 6.54 Å². The SMILES string of the molecule is CCCn1c(SCC(=O)c2cc(C)n(NC(=O)c3ccccc3)c2C)nc2ccccc2c1=O. The number of Topliss-reactive ketones (excluding diaryl/α,β-unsaturated/α-hetero) is 1. The number of nitrogens with one attached hydrogen (secondary N) is 1. The smallest absolute Gasteiger partial charge is 0.270 e. The van der Waals surface area contributed by atoms with E-state index in [0.29, 0.717) is 39.4 Å². The lowest BCUT2D eigenvalue weighted by molar-refractivity contribution is 0.0999. The molecule has 2 heterocycles. The van der Waals surface area contributed by atoms with Crippen molar-refractivity contribution in [3.63, 3.8) is 0 Å². The van der Waals surface area contributed by atoms with E-state index in [1.165, 1.54) is 11.8 Å². The Bertz CT molecular complexity index is 1420. The number of thioether (sulfide) groups is 1. The Labute approximate surface area is 201 Å². The van der Waals surface area contributed by atoms with E-state index in [1.54, 1.807) is 52.6 Å². The topological polar surface area (TPSA) is 86.0 Å². The predicted molar refractivity (Wildman–Crippen MR) is 135 cm³/mol. The van der Waals surface area contributed by atoms with Gasteiger partial charge in [-0.15, -0.1) is 0 Å². The molecule has 1 N–H and O–H groups in total. The van der Waals surface area contributed by atoms with Crippen LogP contribution in [-0.4, -0.2) is 31.7 Å². The average Bonchev–Trinajstić information content (AvgIpc) is 3.13. The molecule has 0 atom stereocenters. The lowest BCUT2D eigenvalue weighted by Crippen LogP contribution is -2.25. The van der Waals surface area contributed by atoms with Crippen LogP contribution in [0.5, 0.6) is 0 Å². The number of carbonyl (C=O) groups is 2. The van der Waals surface area contributed by atoms with Crippen LogP contribution in [0.2, 0.25) is 0 Å². The minimum absolute atomic E-state index is 0.0933. The van der Waals surface area contributed by atoms with E-state index < -0.39 is 0 Å². The van der Waals surface area contributed by atoms with Crippen LogP contribution in [0.15, 0.2) is 70.6 Å². The molecular weight excluding hydrogens is 448 g/mol. The van der Waals surface area contributed by atoms with Gasteiger partial charge in [0, 0.05) is 29.1 Å². The van der Waals surface area contributed by atoms with Crippen LogP contribution >= 0.6 is 11.8 Å². The summed E-state index contributed by atoms with van der Waals surface area (Å²) in [5.74, 6) is -0.214. The van der Waals surface area contributed by atoms with Crippen LogP contribution in [0.1, 0.15) is 45.4 Å². The summed E-state index contributed by atoms with van der Waals surface area (Å²) < 4.78 is 3.28. The fraction of sp³-hybridized carbons (Fsp3) is 0.231. The summed E-state index contributed by atoms with van der Waals surface area (Å²) in [6.07, 6.45) is 0.781. The predicted octanol–water partition coefficient (Wildman–Crippen LogP) is 4.58. The van der Waals surface area contributed by atoms with E-state index in [2.05, 4.69) is 10.4 Å². The molecule has 2 aromatic heterocycles. The number of aryl methyl sites for hydroxylation is 1. The molecule has 34 heavy (non-hydrogen) atoms. The number of para-hydroxylation sites is 1. The fourth-order valence-electron chi connectivity index (χ4n) is 3.86. The Hall–Kier alpha value is -3.65. The highest BCUT2D eigenvalue weighted by Crippen LogP contribution is 2.22. The standard InChI is InChI=1S/C26H26N4O3S/c1-4-14-29-25(33)20-12-8-9-13-22(20)27-26(29)34-16-23(31)21-15-17(2)30(18(21)3)28-24(32)19-10-6-5-7-11-19/h5-13,15H,4,14,16H2,1-3H3,(H,28,32). The van der Waals surface area contributed by atoms with Crippen LogP contribution in [0, 0.1) is 13.8 Å². The van der Waals surface area contributed by atoms with Crippen LogP contribution in [0.3, 0.4) is 0 Å². The molecule has 0 bridgehead atoms. The van der Waals surface area contributed by atoms with E-state index in [0.717, 1.165) is 12.1 Å². The minimum atomic E-state index is -0.250. The Morgan fingerprint density at radius 1 is 1.03 bits per heavy atom. The molecule has 7 nitrogen and oxygen atoms in total. The van der Waals surface area contributed by atoms with E-state index in [4.69, 9.17) is 0 Å². The van der Waals surface area contributed by atoms with Gasteiger partial charge in [-0.2, -0.15) is 0 Å². The fourth-order valence-corrected chi connectivity index (χ4v) is 4.77. The van der Waals surface area contributed by atoms with Gasteiger partial charge in [0.15, 0.2) is 10.9 Å². The maximum Gasteiger partial charge on any atom is 0.270 e. The van der Waals surface area contributed by atoms with Crippen molar-refractivity contribution < 1.29 is 9.59 Å². The van der Waals surface area contributed by atoms with Crippen molar-refractivity contribution in [2.24, 2.45) is 0 Å². The lowest BCUT2D eigenvalue weighted by Gasteiger charge is -2.12. The van der Waals surface area contributed by atoms with Gasteiger partial charge >= 0.3 is 0 Å². The van der Waals surface area contributed by atoms with Gasteiger partial charge in [0.1, 0.15) is 0 Å². The first kappa shape index (κ1) is 23.5. The second kappa shape index (κ2) is 10.1. The van der Waals surface area contributed by atoms with E-state index >= 15 is 0 Å². The minimum Gasteiger partial charge on any atom is -0.293 e. The number of benzene rings is 2. The first-order chi connectivity index (χ1) is 16.4. The molecule has 0 unspecified atom stereocenters. The second-order valence-electron chi connectivity index (χ2n) is 8.01. The third-order valence-electron chi connectivity index (χ3n) is 5.59. The van der Waals surface area contributed by atoms with Crippen LogP contribution < -0.4 is 11.0 Å². The zero-order valence-corrected chi connectivity index (χ0v) is 20.2. The van der Waals surface area contributed by atoms with Crippen molar-refractivity contribution >= 4 is 34.4 Å². The summed E-state index contributed by atoms with van der Waals surface area (Å²) in [5.41, 5.74) is 5.86. The zero-order valence-electron chi connectivity index (χ0n) is 19.4. The molecular formula is C26H26N4O3S. The first-order valence-corrected chi connectivity index (χ1v) is 12.1. The largest absolute Gasteiger partial charge is 0.293 e. The van der Waals surface area contributed by atoms with Gasteiger partial charge in [0.25, 0.3) is 11.5 Å². The van der Waals surface area contributed by atoms with Crippen molar-refractivity contribution in [2.45, 2.75) is 38.9 Å². The van der Waals surface area contributed by atoms with Gasteiger partial charge in [0.2, 0.25) is 0 Å². The summed E-state index contributed by atoms with van der Waals surface area (Å²) >= 11 is 1.26. The molecule has 0 saturated heterocycles. The van der Waals surface area contributed by atoms with Crippen molar-refractivity contribution in [3.8, 4) is 0 Å². The molecule has 1 amide bonds. The van der Waals surface area contributed by atoms with Gasteiger partial charge in [-0.25, -0.2) is 4.98 Å². The monoisotopic (exact) mass is 474 g/mol. The summed E-state index contributed by atoms with van der Waals surface area (Å²) in [6.45, 7) is 6.18. The Morgan fingerprint density at radius 2 is 1.74 bits per heavy atom. The van der Waals surface area contributed by atoms with Crippen molar-refractivity contribution in [2.75, 3.05) is 11.2 Å². The summed E-state index contributed by atoms with van der Waals surface area (Å²) in [7, 11) is 0. The number of rotatable bonds is 8. The average molecular weight is 475 g/mol. The normalized spacial score (nSPS) is 11.0. The van der Waals surface area contributed by atoms with Gasteiger partial charge in [0.05, 0.1) is 16.7 Å². The van der Waals surface area contributed by atoms with Crippen LogP contribution in [0.25, 0.3) is 10.9 Å². The highest BCUT2D eigenvalue weighted by molar-refractivity contribution is 7.99. The Morgan fingerprint density at radius 3 is 2.47 bits per heavy atom. The highest BCUT2D eigenvalue weighted by Gasteiger charge is 2.19. The molecule has 0 spiro atoms.